The first-order chi connectivity index (χ1) is 9.70. The quantitative estimate of drug-likeness (QED) is 0.684. The molecule has 2 rings (SSSR count). The Labute approximate surface area is 126 Å². The number of aliphatic hydroxyl groups is 1. The Morgan fingerprint density at radius 2 is 1.45 bits per heavy atom. The van der Waals surface area contributed by atoms with Crippen molar-refractivity contribution in [3.8, 4) is 11.1 Å². The molecule has 2 heteroatoms. The van der Waals surface area contributed by atoms with Gasteiger partial charge in [0.2, 0.25) is 0 Å². The average molecular weight is 289 g/mol. The molecule has 1 atom stereocenters. The van der Waals surface area contributed by atoms with Crippen LogP contribution in [0, 0.1) is 0 Å². The normalized spacial score (nSPS) is 12.3. The molecule has 0 bridgehead atoms. The van der Waals surface area contributed by atoms with Crippen molar-refractivity contribution in [1.82, 2.24) is 0 Å². The van der Waals surface area contributed by atoms with Crippen LogP contribution in [0.4, 0.5) is 0 Å². The molecule has 0 aliphatic rings. The Morgan fingerprint density at radius 3 is 2.00 bits per heavy atom. The van der Waals surface area contributed by atoms with Gasteiger partial charge in [-0.1, -0.05) is 74.2 Å². The molecule has 1 N–H and O–H groups in total. The van der Waals surface area contributed by atoms with E-state index in [1.807, 2.05) is 36.4 Å². The molecule has 0 aromatic heterocycles. The summed E-state index contributed by atoms with van der Waals surface area (Å²) in [4.78, 5) is 0. The number of hydrogen-bond acceptors (Lipinski definition) is 1. The van der Waals surface area contributed by atoms with Gasteiger partial charge in [-0.15, -0.1) is 0 Å². The molecule has 2 aromatic rings. The summed E-state index contributed by atoms with van der Waals surface area (Å²) >= 11 is 5.89. The maximum atomic E-state index is 10.1. The van der Waals surface area contributed by atoms with Gasteiger partial charge in [-0.05, 0) is 35.2 Å². The highest BCUT2D eigenvalue weighted by Crippen LogP contribution is 2.25. The van der Waals surface area contributed by atoms with E-state index in [4.69, 9.17) is 11.6 Å². The molecule has 0 heterocycles. The third-order valence-corrected chi connectivity index (χ3v) is 3.81. The number of unbranched alkanes of at least 4 members (excludes halogenated alkanes) is 2. The number of rotatable bonds is 6. The molecule has 0 saturated heterocycles. The lowest BCUT2D eigenvalue weighted by Crippen LogP contribution is -1.97. The summed E-state index contributed by atoms with van der Waals surface area (Å²) in [6.07, 6.45) is 3.94. The van der Waals surface area contributed by atoms with Gasteiger partial charge in [-0.2, -0.15) is 0 Å². The van der Waals surface area contributed by atoms with Crippen LogP contribution in [0.1, 0.15) is 44.3 Å². The topological polar surface area (TPSA) is 20.2 Å². The van der Waals surface area contributed by atoms with Crippen molar-refractivity contribution in [1.29, 1.82) is 0 Å². The number of halogens is 1. The first kappa shape index (κ1) is 15.1. The zero-order valence-corrected chi connectivity index (χ0v) is 12.6. The van der Waals surface area contributed by atoms with Crippen molar-refractivity contribution < 1.29 is 5.11 Å². The second kappa shape index (κ2) is 7.47. The van der Waals surface area contributed by atoms with Crippen molar-refractivity contribution in [3.63, 3.8) is 0 Å². The maximum absolute atomic E-state index is 10.1. The van der Waals surface area contributed by atoms with Crippen LogP contribution in [0.5, 0.6) is 0 Å². The summed E-state index contributed by atoms with van der Waals surface area (Å²) < 4.78 is 0. The van der Waals surface area contributed by atoms with Gasteiger partial charge in [0, 0.05) is 5.02 Å². The largest absolute Gasteiger partial charge is 0.388 e. The lowest BCUT2D eigenvalue weighted by atomic mass is 9.99. The maximum Gasteiger partial charge on any atom is 0.0790 e. The summed E-state index contributed by atoms with van der Waals surface area (Å²) in [7, 11) is 0. The van der Waals surface area contributed by atoms with E-state index >= 15 is 0 Å². The Hall–Kier alpha value is -1.31. The lowest BCUT2D eigenvalue weighted by Gasteiger charge is -2.11. The molecule has 1 nitrogen and oxygen atoms in total. The predicted octanol–water partition coefficient (Wildman–Crippen LogP) is 5.62. The van der Waals surface area contributed by atoms with Crippen molar-refractivity contribution in [3.05, 3.63) is 59.1 Å². The Morgan fingerprint density at radius 1 is 0.900 bits per heavy atom. The van der Waals surface area contributed by atoms with Gasteiger partial charge < -0.3 is 5.11 Å². The van der Waals surface area contributed by atoms with Gasteiger partial charge >= 0.3 is 0 Å². The fourth-order valence-electron chi connectivity index (χ4n) is 2.29. The van der Waals surface area contributed by atoms with E-state index in [1.54, 1.807) is 0 Å². The van der Waals surface area contributed by atoms with E-state index in [0.717, 1.165) is 34.6 Å². The molecule has 0 aliphatic heterocycles. The van der Waals surface area contributed by atoms with Crippen molar-refractivity contribution in [2.24, 2.45) is 0 Å². The van der Waals surface area contributed by atoms with Gasteiger partial charge in [0.05, 0.1) is 6.10 Å². The van der Waals surface area contributed by atoms with E-state index in [1.165, 1.54) is 12.8 Å². The molecule has 0 amide bonds. The van der Waals surface area contributed by atoms with Crippen LogP contribution >= 0.6 is 11.6 Å². The van der Waals surface area contributed by atoms with Gasteiger partial charge in [0.15, 0.2) is 0 Å². The third kappa shape index (κ3) is 4.09. The summed E-state index contributed by atoms with van der Waals surface area (Å²) in [6.45, 7) is 2.17. The third-order valence-electron chi connectivity index (χ3n) is 3.55. The Balaban J connectivity index is 2.04. The molecule has 0 fully saturated rings. The standard InChI is InChI=1S/C18H21ClO/c1-2-3-4-5-18(20)16-8-6-14(7-9-16)15-10-12-17(19)13-11-15/h6-13,18,20H,2-5H2,1H3. The minimum Gasteiger partial charge on any atom is -0.388 e. The van der Waals surface area contributed by atoms with Gasteiger partial charge in [0.1, 0.15) is 0 Å². The van der Waals surface area contributed by atoms with Crippen molar-refractivity contribution in [2.45, 2.75) is 38.7 Å². The summed E-state index contributed by atoms with van der Waals surface area (Å²) in [6, 6.07) is 15.9. The monoisotopic (exact) mass is 288 g/mol. The molecule has 1 unspecified atom stereocenters. The second-order valence-corrected chi connectivity index (χ2v) is 5.58. The van der Waals surface area contributed by atoms with Crippen molar-refractivity contribution in [2.75, 3.05) is 0 Å². The lowest BCUT2D eigenvalue weighted by molar-refractivity contribution is 0.163. The second-order valence-electron chi connectivity index (χ2n) is 5.14. The van der Waals surface area contributed by atoms with Crippen LogP contribution in [0.3, 0.4) is 0 Å². The summed E-state index contributed by atoms with van der Waals surface area (Å²) in [5.74, 6) is 0. The highest BCUT2D eigenvalue weighted by Gasteiger charge is 2.07. The predicted molar refractivity (Wildman–Crippen MR) is 86.0 cm³/mol. The van der Waals surface area contributed by atoms with Crippen LogP contribution in [0.25, 0.3) is 11.1 Å². The zero-order chi connectivity index (χ0) is 14.4. The molecule has 2 aromatic carbocycles. The first-order valence-electron chi connectivity index (χ1n) is 7.24. The Kier molecular flexibility index (Phi) is 5.63. The fraction of sp³-hybridized carbons (Fsp3) is 0.333. The van der Waals surface area contributed by atoms with Crippen LogP contribution < -0.4 is 0 Å². The van der Waals surface area contributed by atoms with Gasteiger partial charge in [-0.3, -0.25) is 0 Å². The van der Waals surface area contributed by atoms with Gasteiger partial charge in [-0.25, -0.2) is 0 Å². The Bertz CT molecular complexity index is 516. The highest BCUT2D eigenvalue weighted by atomic mass is 35.5. The number of benzene rings is 2. The zero-order valence-electron chi connectivity index (χ0n) is 11.8. The minimum atomic E-state index is -0.346. The average Bonchev–Trinajstić information content (AvgIpc) is 2.48. The van der Waals surface area contributed by atoms with Crippen LogP contribution in [-0.4, -0.2) is 5.11 Å². The molecular weight excluding hydrogens is 268 g/mol. The highest BCUT2D eigenvalue weighted by molar-refractivity contribution is 6.30. The molecule has 106 valence electrons. The van der Waals surface area contributed by atoms with Crippen LogP contribution in [-0.2, 0) is 0 Å². The van der Waals surface area contributed by atoms with Gasteiger partial charge in [0.25, 0.3) is 0 Å². The van der Waals surface area contributed by atoms with Crippen molar-refractivity contribution >= 4 is 11.6 Å². The van der Waals surface area contributed by atoms with E-state index in [2.05, 4.69) is 19.1 Å². The van der Waals surface area contributed by atoms with E-state index in [0.29, 0.717) is 0 Å². The molecule has 20 heavy (non-hydrogen) atoms. The van der Waals surface area contributed by atoms with Crippen LogP contribution in [0.15, 0.2) is 48.5 Å². The SMILES string of the molecule is CCCCCC(O)c1ccc(-c2ccc(Cl)cc2)cc1. The smallest absolute Gasteiger partial charge is 0.0790 e. The van der Waals surface area contributed by atoms with E-state index in [9.17, 15) is 5.11 Å². The number of hydrogen-bond donors (Lipinski definition) is 1. The summed E-state index contributed by atoms with van der Waals surface area (Å²) in [5.41, 5.74) is 3.28. The van der Waals surface area contributed by atoms with Crippen LogP contribution in [0.2, 0.25) is 5.02 Å². The molecule has 0 radical (unpaired) electrons. The first-order valence-corrected chi connectivity index (χ1v) is 7.62. The number of aliphatic hydroxyl groups excluding tert-OH is 1. The molecule has 0 spiro atoms. The molecule has 0 aliphatic carbocycles. The molecular formula is C18H21ClO. The summed E-state index contributed by atoms with van der Waals surface area (Å²) in [5, 5.41) is 10.9. The van der Waals surface area contributed by atoms with E-state index < -0.39 is 0 Å². The fourth-order valence-corrected chi connectivity index (χ4v) is 2.42. The van der Waals surface area contributed by atoms with E-state index in [-0.39, 0.29) is 6.10 Å². The molecule has 0 saturated carbocycles. The minimum absolute atomic E-state index is 0.346.